The fourth-order valence-electron chi connectivity index (χ4n) is 1.42. The molecular formula is C11H12ClN5O. The van der Waals surface area contributed by atoms with E-state index >= 15 is 0 Å². The molecule has 3 N–H and O–H groups in total. The van der Waals surface area contributed by atoms with Gasteiger partial charge in [0.2, 0.25) is 5.91 Å². The number of hydrogen-bond donors (Lipinski definition) is 2. The Hall–Kier alpha value is -2.08. The molecule has 2 aromatic rings. The molecule has 0 aliphatic rings. The maximum atomic E-state index is 10.9. The number of aromatic nitrogens is 3. The van der Waals surface area contributed by atoms with Crippen molar-refractivity contribution in [2.45, 2.75) is 6.54 Å². The molecule has 18 heavy (non-hydrogen) atoms. The van der Waals surface area contributed by atoms with E-state index in [4.69, 9.17) is 17.3 Å². The number of nitrogens with zero attached hydrogens (tertiary/aromatic N) is 3. The van der Waals surface area contributed by atoms with Gasteiger partial charge >= 0.3 is 0 Å². The predicted molar refractivity (Wildman–Crippen MR) is 68.5 cm³/mol. The lowest BCUT2D eigenvalue weighted by atomic mass is 10.3. The first-order valence-electron chi connectivity index (χ1n) is 5.33. The Morgan fingerprint density at radius 2 is 2.39 bits per heavy atom. The van der Waals surface area contributed by atoms with Crippen molar-refractivity contribution in [1.82, 2.24) is 14.8 Å². The molecule has 0 aromatic carbocycles. The summed E-state index contributed by atoms with van der Waals surface area (Å²) in [6, 6.07) is 3.35. The van der Waals surface area contributed by atoms with Crippen molar-refractivity contribution in [1.29, 1.82) is 0 Å². The summed E-state index contributed by atoms with van der Waals surface area (Å²) in [5.74, 6) is -0.0266. The minimum Gasteiger partial charge on any atom is -0.367 e. The van der Waals surface area contributed by atoms with E-state index in [0.717, 1.165) is 0 Å². The molecule has 7 heteroatoms. The Bertz CT molecular complexity index is 540. The Labute approximate surface area is 109 Å². The summed E-state index contributed by atoms with van der Waals surface area (Å²) in [6.07, 6.45) is 4.98. The van der Waals surface area contributed by atoms with E-state index in [2.05, 4.69) is 15.4 Å². The summed E-state index contributed by atoms with van der Waals surface area (Å²) in [5.41, 5.74) is 5.42. The molecular weight excluding hydrogens is 254 g/mol. The molecule has 2 rings (SSSR count). The average molecular weight is 266 g/mol. The molecule has 2 heterocycles. The largest absolute Gasteiger partial charge is 0.367 e. The van der Waals surface area contributed by atoms with Gasteiger partial charge in [-0.2, -0.15) is 5.10 Å². The number of nitrogens with one attached hydrogen (secondary N) is 1. The van der Waals surface area contributed by atoms with E-state index in [-0.39, 0.29) is 5.56 Å². The second kappa shape index (κ2) is 5.50. The van der Waals surface area contributed by atoms with Crippen LogP contribution in [0.2, 0.25) is 5.02 Å². The van der Waals surface area contributed by atoms with Crippen LogP contribution in [0.25, 0.3) is 0 Å². The highest BCUT2D eigenvalue weighted by molar-refractivity contribution is 6.33. The third kappa shape index (κ3) is 2.98. The molecule has 0 bridgehead atoms. The number of halogens is 1. The first-order chi connectivity index (χ1) is 8.66. The van der Waals surface area contributed by atoms with Crippen LogP contribution in [0.15, 0.2) is 30.7 Å². The van der Waals surface area contributed by atoms with E-state index in [1.807, 2.05) is 12.3 Å². The molecule has 6 nitrogen and oxygen atoms in total. The van der Waals surface area contributed by atoms with Gasteiger partial charge < -0.3 is 11.1 Å². The highest BCUT2D eigenvalue weighted by atomic mass is 35.5. The van der Waals surface area contributed by atoms with Crippen molar-refractivity contribution in [2.75, 3.05) is 11.9 Å². The van der Waals surface area contributed by atoms with Crippen LogP contribution in [-0.2, 0) is 6.54 Å². The van der Waals surface area contributed by atoms with Crippen LogP contribution in [0, 0.1) is 0 Å². The SMILES string of the molecule is NC(=O)c1cnc(NCCn2cccn2)c(Cl)c1. The Kier molecular flexibility index (Phi) is 3.78. The number of nitrogens with two attached hydrogens (primary N) is 1. The molecule has 0 unspecified atom stereocenters. The number of pyridine rings is 1. The van der Waals surface area contributed by atoms with Crippen molar-refractivity contribution in [3.05, 3.63) is 41.3 Å². The standard InChI is InChI=1S/C11H12ClN5O/c12-9-6-8(10(13)18)7-15-11(9)14-3-5-17-4-1-2-16-17/h1-2,4,6-7H,3,5H2,(H2,13,18)(H,14,15). The highest BCUT2D eigenvalue weighted by Gasteiger charge is 2.06. The topological polar surface area (TPSA) is 85.8 Å². The van der Waals surface area contributed by atoms with Crippen LogP contribution in [0.1, 0.15) is 10.4 Å². The first-order valence-corrected chi connectivity index (χ1v) is 5.71. The summed E-state index contributed by atoms with van der Waals surface area (Å²) in [7, 11) is 0. The third-order valence-electron chi connectivity index (χ3n) is 2.32. The van der Waals surface area contributed by atoms with Crippen LogP contribution in [0.5, 0.6) is 0 Å². The van der Waals surface area contributed by atoms with Crippen molar-refractivity contribution in [3.63, 3.8) is 0 Å². The highest BCUT2D eigenvalue weighted by Crippen LogP contribution is 2.19. The van der Waals surface area contributed by atoms with E-state index in [1.165, 1.54) is 12.3 Å². The van der Waals surface area contributed by atoms with E-state index in [9.17, 15) is 4.79 Å². The van der Waals surface area contributed by atoms with Gasteiger partial charge in [0.05, 0.1) is 17.1 Å². The number of hydrogen-bond acceptors (Lipinski definition) is 4. The average Bonchev–Trinajstić information content (AvgIpc) is 2.84. The molecule has 0 fully saturated rings. The predicted octanol–water partition coefficient (Wildman–Crippen LogP) is 1.14. The number of amides is 1. The monoisotopic (exact) mass is 265 g/mol. The van der Waals surface area contributed by atoms with Crippen LogP contribution in [0.4, 0.5) is 5.82 Å². The van der Waals surface area contributed by atoms with Gasteiger partial charge in [0.15, 0.2) is 0 Å². The van der Waals surface area contributed by atoms with Crippen LogP contribution in [-0.4, -0.2) is 27.2 Å². The second-order valence-electron chi connectivity index (χ2n) is 3.61. The molecule has 0 radical (unpaired) electrons. The summed E-state index contributed by atoms with van der Waals surface area (Å²) in [4.78, 5) is 15.0. The van der Waals surface area contributed by atoms with Crippen molar-refractivity contribution in [2.24, 2.45) is 5.73 Å². The molecule has 0 saturated carbocycles. The van der Waals surface area contributed by atoms with Gasteiger partial charge in [-0.1, -0.05) is 11.6 Å². The number of rotatable bonds is 5. The maximum absolute atomic E-state index is 10.9. The van der Waals surface area contributed by atoms with Gasteiger partial charge in [-0.25, -0.2) is 4.98 Å². The van der Waals surface area contributed by atoms with Crippen molar-refractivity contribution >= 4 is 23.3 Å². The molecule has 0 spiro atoms. The summed E-state index contributed by atoms with van der Waals surface area (Å²) in [5, 5.41) is 7.50. The summed E-state index contributed by atoms with van der Waals surface area (Å²) in [6.45, 7) is 1.33. The van der Waals surface area contributed by atoms with Crippen LogP contribution in [0.3, 0.4) is 0 Å². The van der Waals surface area contributed by atoms with E-state index < -0.39 is 5.91 Å². The Morgan fingerprint density at radius 1 is 1.56 bits per heavy atom. The number of carbonyl (C=O) groups excluding carboxylic acids is 1. The van der Waals surface area contributed by atoms with Crippen molar-refractivity contribution in [3.8, 4) is 0 Å². The number of carbonyl (C=O) groups is 1. The van der Waals surface area contributed by atoms with Crippen LogP contribution >= 0.6 is 11.6 Å². The quantitative estimate of drug-likeness (QED) is 0.849. The Balaban J connectivity index is 1.95. The summed E-state index contributed by atoms with van der Waals surface area (Å²) >= 11 is 5.98. The fourth-order valence-corrected chi connectivity index (χ4v) is 1.66. The molecule has 0 saturated heterocycles. The van der Waals surface area contributed by atoms with Gasteiger partial charge in [-0.15, -0.1) is 0 Å². The molecule has 2 aromatic heterocycles. The molecule has 0 aliphatic heterocycles. The summed E-state index contributed by atoms with van der Waals surface area (Å²) < 4.78 is 1.79. The first kappa shape index (κ1) is 12.4. The lowest BCUT2D eigenvalue weighted by Crippen LogP contribution is -2.14. The minimum absolute atomic E-state index is 0.289. The van der Waals surface area contributed by atoms with Crippen LogP contribution < -0.4 is 11.1 Å². The van der Waals surface area contributed by atoms with Crippen molar-refractivity contribution < 1.29 is 4.79 Å². The maximum Gasteiger partial charge on any atom is 0.250 e. The van der Waals surface area contributed by atoms with Gasteiger partial charge in [0, 0.05) is 25.1 Å². The van der Waals surface area contributed by atoms with E-state index in [0.29, 0.717) is 23.9 Å². The van der Waals surface area contributed by atoms with Gasteiger partial charge in [0.1, 0.15) is 5.82 Å². The lowest BCUT2D eigenvalue weighted by Gasteiger charge is -2.08. The van der Waals surface area contributed by atoms with Gasteiger partial charge in [0.25, 0.3) is 0 Å². The zero-order chi connectivity index (χ0) is 13.0. The molecule has 1 amide bonds. The van der Waals surface area contributed by atoms with E-state index in [1.54, 1.807) is 10.9 Å². The number of primary amides is 1. The Morgan fingerprint density at radius 3 is 3.00 bits per heavy atom. The smallest absolute Gasteiger partial charge is 0.250 e. The zero-order valence-corrected chi connectivity index (χ0v) is 10.3. The molecule has 94 valence electrons. The minimum atomic E-state index is -0.549. The molecule has 0 atom stereocenters. The fraction of sp³-hybridized carbons (Fsp3) is 0.182. The normalized spacial score (nSPS) is 10.3. The third-order valence-corrected chi connectivity index (χ3v) is 2.61. The molecule has 0 aliphatic carbocycles. The zero-order valence-electron chi connectivity index (χ0n) is 9.51. The second-order valence-corrected chi connectivity index (χ2v) is 4.02. The van der Waals surface area contributed by atoms with Gasteiger partial charge in [-0.3, -0.25) is 9.48 Å². The lowest BCUT2D eigenvalue weighted by molar-refractivity contribution is 0.1000. The number of anilines is 1. The van der Waals surface area contributed by atoms with Gasteiger partial charge in [-0.05, 0) is 12.1 Å².